The Bertz CT molecular complexity index is 1100. The van der Waals surface area contributed by atoms with Crippen molar-refractivity contribution in [2.75, 3.05) is 25.0 Å². The molecular formula is C26H29ClN4O. The average molecular weight is 449 g/mol. The highest BCUT2D eigenvalue weighted by Gasteiger charge is 2.17. The van der Waals surface area contributed by atoms with Crippen molar-refractivity contribution in [1.82, 2.24) is 14.7 Å². The molecule has 166 valence electrons. The predicted octanol–water partition coefficient (Wildman–Crippen LogP) is 5.17. The lowest BCUT2D eigenvalue weighted by atomic mass is 10.1. The molecule has 0 atom stereocenters. The van der Waals surface area contributed by atoms with Crippen molar-refractivity contribution in [2.24, 2.45) is 0 Å². The van der Waals surface area contributed by atoms with Crippen molar-refractivity contribution in [1.29, 1.82) is 0 Å². The first-order valence-corrected chi connectivity index (χ1v) is 11.4. The monoisotopic (exact) mass is 448 g/mol. The molecule has 4 rings (SSSR count). The Morgan fingerprint density at radius 1 is 1.09 bits per heavy atom. The number of hydrogen-bond donors (Lipinski definition) is 0. The molecule has 1 aliphatic rings. The molecule has 1 amide bonds. The van der Waals surface area contributed by atoms with Gasteiger partial charge in [-0.15, -0.1) is 0 Å². The van der Waals surface area contributed by atoms with Gasteiger partial charge in [-0.1, -0.05) is 60.1 Å². The van der Waals surface area contributed by atoms with Crippen LogP contribution in [-0.2, 0) is 17.9 Å². The summed E-state index contributed by atoms with van der Waals surface area (Å²) in [5, 5.41) is 5.09. The van der Waals surface area contributed by atoms with Crippen molar-refractivity contribution in [3.8, 4) is 0 Å². The summed E-state index contributed by atoms with van der Waals surface area (Å²) in [6.07, 6.45) is 5.81. The number of anilines is 1. The zero-order valence-electron chi connectivity index (χ0n) is 18.7. The molecule has 0 bridgehead atoms. The summed E-state index contributed by atoms with van der Waals surface area (Å²) in [7, 11) is 1.83. The summed E-state index contributed by atoms with van der Waals surface area (Å²) in [4.78, 5) is 17.0. The van der Waals surface area contributed by atoms with Gasteiger partial charge in [0.2, 0.25) is 5.91 Å². The number of halogens is 1. The van der Waals surface area contributed by atoms with Crippen LogP contribution in [0.3, 0.4) is 0 Å². The second kappa shape index (κ2) is 10.0. The van der Waals surface area contributed by atoms with Crippen LogP contribution in [0.4, 0.5) is 5.69 Å². The molecule has 0 saturated carbocycles. The van der Waals surface area contributed by atoms with Gasteiger partial charge in [-0.05, 0) is 43.0 Å². The molecule has 1 fully saturated rings. The zero-order chi connectivity index (χ0) is 22.5. The minimum atomic E-state index is -0.0625. The molecule has 2 aromatic carbocycles. The van der Waals surface area contributed by atoms with Gasteiger partial charge >= 0.3 is 0 Å². The topological polar surface area (TPSA) is 41.4 Å². The quantitative estimate of drug-likeness (QED) is 0.468. The molecule has 1 saturated heterocycles. The van der Waals surface area contributed by atoms with E-state index in [1.165, 1.54) is 24.1 Å². The molecule has 0 spiro atoms. The van der Waals surface area contributed by atoms with Gasteiger partial charge in [-0.25, -0.2) is 4.68 Å². The van der Waals surface area contributed by atoms with E-state index in [4.69, 9.17) is 11.6 Å². The molecule has 0 unspecified atom stereocenters. The molecule has 3 aromatic rings. The van der Waals surface area contributed by atoms with Crippen LogP contribution in [0, 0.1) is 6.92 Å². The van der Waals surface area contributed by atoms with Gasteiger partial charge < -0.3 is 9.80 Å². The number of aryl methyl sites for hydroxylation is 1. The van der Waals surface area contributed by atoms with E-state index < -0.39 is 0 Å². The van der Waals surface area contributed by atoms with Crippen molar-refractivity contribution in [3.63, 3.8) is 0 Å². The SMILES string of the molecule is Cc1nn(Cc2ccccc2)c(Cl)c1/C=C/C(=O)N(C)Cc1ccccc1N1CCCC1. The molecule has 32 heavy (non-hydrogen) atoms. The average Bonchev–Trinajstić information content (AvgIpc) is 3.42. The Kier molecular flexibility index (Phi) is 6.96. The lowest BCUT2D eigenvalue weighted by Crippen LogP contribution is -2.26. The Morgan fingerprint density at radius 3 is 2.53 bits per heavy atom. The van der Waals surface area contributed by atoms with Crippen LogP contribution in [0.25, 0.3) is 6.08 Å². The molecule has 2 heterocycles. The number of carbonyl (C=O) groups is 1. The minimum absolute atomic E-state index is 0.0625. The fourth-order valence-electron chi connectivity index (χ4n) is 4.14. The van der Waals surface area contributed by atoms with Gasteiger partial charge in [0.25, 0.3) is 0 Å². The second-order valence-corrected chi connectivity index (χ2v) is 8.64. The van der Waals surface area contributed by atoms with Crippen LogP contribution in [0.2, 0.25) is 5.15 Å². The third-order valence-corrected chi connectivity index (χ3v) is 6.30. The van der Waals surface area contributed by atoms with Gasteiger partial charge in [0.15, 0.2) is 0 Å². The van der Waals surface area contributed by atoms with Crippen LogP contribution in [0.5, 0.6) is 0 Å². The zero-order valence-corrected chi connectivity index (χ0v) is 19.4. The number of hydrogen-bond acceptors (Lipinski definition) is 3. The maximum absolute atomic E-state index is 12.8. The van der Waals surface area contributed by atoms with E-state index in [1.807, 2.05) is 50.4 Å². The van der Waals surface area contributed by atoms with Gasteiger partial charge in [0, 0.05) is 44.0 Å². The van der Waals surface area contributed by atoms with Crippen LogP contribution in [-0.4, -0.2) is 40.7 Å². The standard InChI is InChI=1S/C26H29ClN4O/c1-20-23(26(27)31(28-20)18-21-10-4-3-5-11-21)14-15-25(32)29(2)19-22-12-6-7-13-24(22)30-16-8-9-17-30/h3-7,10-15H,8-9,16-19H2,1-2H3/b15-14+. The maximum Gasteiger partial charge on any atom is 0.246 e. The molecule has 1 aromatic heterocycles. The molecule has 6 heteroatoms. The van der Waals surface area contributed by atoms with E-state index in [1.54, 1.807) is 21.7 Å². The van der Waals surface area contributed by atoms with E-state index in [0.29, 0.717) is 18.2 Å². The van der Waals surface area contributed by atoms with Crippen LogP contribution in [0.1, 0.15) is 35.2 Å². The lowest BCUT2D eigenvalue weighted by molar-refractivity contribution is -0.125. The highest BCUT2D eigenvalue weighted by atomic mass is 35.5. The first kappa shape index (κ1) is 22.2. The lowest BCUT2D eigenvalue weighted by Gasteiger charge is -2.24. The normalized spacial score (nSPS) is 13.8. The van der Waals surface area contributed by atoms with Gasteiger partial charge in [0.05, 0.1) is 12.2 Å². The summed E-state index contributed by atoms with van der Waals surface area (Å²) in [6, 6.07) is 18.4. The number of nitrogens with zero attached hydrogens (tertiary/aromatic N) is 4. The molecule has 1 aliphatic heterocycles. The van der Waals surface area contributed by atoms with Crippen LogP contribution < -0.4 is 4.90 Å². The summed E-state index contributed by atoms with van der Waals surface area (Å²) in [6.45, 7) is 5.23. The van der Waals surface area contributed by atoms with E-state index in [0.717, 1.165) is 29.9 Å². The van der Waals surface area contributed by atoms with Crippen LogP contribution in [0.15, 0.2) is 60.7 Å². The molecule has 0 aliphatic carbocycles. The summed E-state index contributed by atoms with van der Waals surface area (Å²) in [5.41, 5.74) is 5.11. The summed E-state index contributed by atoms with van der Waals surface area (Å²) >= 11 is 6.58. The third kappa shape index (κ3) is 5.05. The first-order chi connectivity index (χ1) is 15.5. The van der Waals surface area contributed by atoms with Gasteiger partial charge in [-0.3, -0.25) is 4.79 Å². The molecular weight excluding hydrogens is 420 g/mol. The highest BCUT2D eigenvalue weighted by Crippen LogP contribution is 2.26. The van der Waals surface area contributed by atoms with Crippen molar-refractivity contribution in [3.05, 3.63) is 88.2 Å². The predicted molar refractivity (Wildman–Crippen MR) is 131 cm³/mol. The van der Waals surface area contributed by atoms with Crippen molar-refractivity contribution in [2.45, 2.75) is 32.9 Å². The minimum Gasteiger partial charge on any atom is -0.371 e. The Balaban J connectivity index is 1.45. The largest absolute Gasteiger partial charge is 0.371 e. The summed E-state index contributed by atoms with van der Waals surface area (Å²) in [5.74, 6) is -0.0625. The number of benzene rings is 2. The smallest absolute Gasteiger partial charge is 0.246 e. The number of rotatable bonds is 7. The van der Waals surface area contributed by atoms with Crippen molar-refractivity contribution < 1.29 is 4.79 Å². The third-order valence-electron chi connectivity index (χ3n) is 5.90. The van der Waals surface area contributed by atoms with Gasteiger partial charge in [0.1, 0.15) is 5.15 Å². The maximum atomic E-state index is 12.8. The molecule has 0 N–H and O–H groups in total. The Morgan fingerprint density at radius 2 is 1.78 bits per heavy atom. The number of likely N-dealkylation sites (N-methyl/N-ethyl adjacent to an activating group) is 1. The van der Waals surface area contributed by atoms with Crippen molar-refractivity contribution >= 4 is 29.3 Å². The number of para-hydroxylation sites is 1. The Labute approximate surface area is 194 Å². The second-order valence-electron chi connectivity index (χ2n) is 8.28. The van der Waals surface area contributed by atoms with E-state index in [2.05, 4.69) is 28.2 Å². The fourth-order valence-corrected chi connectivity index (χ4v) is 4.44. The fraction of sp³-hybridized carbons (Fsp3) is 0.308. The van der Waals surface area contributed by atoms with Gasteiger partial charge in [-0.2, -0.15) is 5.10 Å². The summed E-state index contributed by atoms with van der Waals surface area (Å²) < 4.78 is 1.77. The number of aromatic nitrogens is 2. The van der Waals surface area contributed by atoms with E-state index in [9.17, 15) is 4.79 Å². The highest BCUT2D eigenvalue weighted by molar-refractivity contribution is 6.31. The Hall–Kier alpha value is -3.05. The van der Waals surface area contributed by atoms with E-state index in [-0.39, 0.29) is 5.91 Å². The number of carbonyl (C=O) groups excluding carboxylic acids is 1. The first-order valence-electron chi connectivity index (χ1n) is 11.1. The number of amides is 1. The molecule has 5 nitrogen and oxygen atoms in total. The van der Waals surface area contributed by atoms with E-state index >= 15 is 0 Å². The van der Waals surface area contributed by atoms with Crippen LogP contribution >= 0.6 is 11.6 Å². The molecule has 0 radical (unpaired) electrons.